The summed E-state index contributed by atoms with van der Waals surface area (Å²) >= 11 is 2.01. The van der Waals surface area contributed by atoms with Gasteiger partial charge in [0, 0.05) is 16.7 Å². The number of nitrogens with one attached hydrogen (secondary N) is 2. The maximum atomic E-state index is 3.72. The molecule has 0 amide bonds. The van der Waals surface area contributed by atoms with Crippen molar-refractivity contribution in [3.8, 4) is 0 Å². The number of anilines is 1. The van der Waals surface area contributed by atoms with Crippen molar-refractivity contribution in [2.24, 2.45) is 0 Å². The summed E-state index contributed by atoms with van der Waals surface area (Å²) in [5.74, 6) is 1.20. The van der Waals surface area contributed by atoms with Gasteiger partial charge in [-0.2, -0.15) is 0 Å². The Bertz CT molecular complexity index is 390. The fraction of sp³-hybridized carbons (Fsp3) is 0.571. The summed E-state index contributed by atoms with van der Waals surface area (Å²) in [7, 11) is 2.02. The molecule has 0 aliphatic carbocycles. The van der Waals surface area contributed by atoms with Gasteiger partial charge in [0.1, 0.15) is 0 Å². The lowest BCUT2D eigenvalue weighted by molar-refractivity contribution is 0.626. The number of hydrogen-bond acceptors (Lipinski definition) is 3. The molecule has 1 heterocycles. The lowest BCUT2D eigenvalue weighted by atomic mass is 10.1. The maximum absolute atomic E-state index is 3.72. The van der Waals surface area contributed by atoms with Gasteiger partial charge in [-0.1, -0.05) is 12.1 Å². The molecule has 1 atom stereocenters. The second-order valence-electron chi connectivity index (χ2n) is 4.80. The van der Waals surface area contributed by atoms with Crippen LogP contribution in [0.1, 0.15) is 24.0 Å². The fourth-order valence-electron chi connectivity index (χ4n) is 2.26. The van der Waals surface area contributed by atoms with E-state index >= 15 is 0 Å². The molecular weight excluding hydrogens is 228 g/mol. The van der Waals surface area contributed by atoms with Gasteiger partial charge in [0.25, 0.3) is 0 Å². The van der Waals surface area contributed by atoms with E-state index in [1.807, 2.05) is 18.8 Å². The highest BCUT2D eigenvalue weighted by atomic mass is 32.2. The average Bonchev–Trinajstić information content (AvgIpc) is 2.34. The van der Waals surface area contributed by atoms with Gasteiger partial charge < -0.3 is 10.6 Å². The van der Waals surface area contributed by atoms with Gasteiger partial charge in [0.2, 0.25) is 0 Å². The number of rotatable bonds is 4. The SMILES string of the molecule is CNCCCC1CSc2c(C)ccc(C)c2N1. The van der Waals surface area contributed by atoms with Gasteiger partial charge in [-0.05, 0) is 51.4 Å². The van der Waals surface area contributed by atoms with Crippen molar-refractivity contribution in [2.45, 2.75) is 37.6 Å². The van der Waals surface area contributed by atoms with Gasteiger partial charge in [-0.3, -0.25) is 0 Å². The molecule has 0 fully saturated rings. The van der Waals surface area contributed by atoms with E-state index in [9.17, 15) is 0 Å². The van der Waals surface area contributed by atoms with Crippen LogP contribution in [-0.2, 0) is 0 Å². The zero-order valence-electron chi connectivity index (χ0n) is 11.0. The molecule has 0 saturated carbocycles. The third-order valence-electron chi connectivity index (χ3n) is 3.32. The summed E-state index contributed by atoms with van der Waals surface area (Å²) in [6.45, 7) is 5.51. The van der Waals surface area contributed by atoms with Crippen LogP contribution in [0.2, 0.25) is 0 Å². The minimum atomic E-state index is 0.626. The predicted molar refractivity (Wildman–Crippen MR) is 77.2 cm³/mol. The zero-order chi connectivity index (χ0) is 12.3. The van der Waals surface area contributed by atoms with E-state index in [1.165, 1.54) is 40.3 Å². The number of fused-ring (bicyclic) bond motifs is 1. The molecule has 0 saturated heterocycles. The molecular formula is C14H22N2S. The molecule has 0 spiro atoms. The summed E-state index contributed by atoms with van der Waals surface area (Å²) in [6, 6.07) is 5.07. The molecule has 17 heavy (non-hydrogen) atoms. The Kier molecular flexibility index (Phi) is 4.35. The van der Waals surface area contributed by atoms with Crippen LogP contribution in [0.5, 0.6) is 0 Å². The Hall–Kier alpha value is -0.670. The smallest absolute Gasteiger partial charge is 0.0513 e. The molecule has 1 aromatic carbocycles. The van der Waals surface area contributed by atoms with Crippen LogP contribution >= 0.6 is 11.8 Å². The molecule has 2 N–H and O–H groups in total. The van der Waals surface area contributed by atoms with Crippen molar-refractivity contribution in [1.29, 1.82) is 0 Å². The summed E-state index contributed by atoms with van der Waals surface area (Å²) in [6.07, 6.45) is 2.50. The topological polar surface area (TPSA) is 24.1 Å². The monoisotopic (exact) mass is 250 g/mol. The van der Waals surface area contributed by atoms with Gasteiger partial charge in [-0.25, -0.2) is 0 Å². The van der Waals surface area contributed by atoms with Crippen LogP contribution in [0.25, 0.3) is 0 Å². The normalized spacial score (nSPS) is 18.6. The molecule has 1 aromatic rings. The highest BCUT2D eigenvalue weighted by molar-refractivity contribution is 7.99. The molecule has 0 radical (unpaired) electrons. The summed E-state index contributed by atoms with van der Waals surface area (Å²) in [5, 5.41) is 6.93. The van der Waals surface area contributed by atoms with Crippen molar-refractivity contribution in [3.05, 3.63) is 23.3 Å². The molecule has 1 unspecified atom stereocenters. The van der Waals surface area contributed by atoms with Crippen LogP contribution in [0.3, 0.4) is 0 Å². The number of hydrogen-bond donors (Lipinski definition) is 2. The molecule has 94 valence electrons. The number of thioether (sulfide) groups is 1. The summed E-state index contributed by atoms with van der Waals surface area (Å²) in [5.41, 5.74) is 4.14. The van der Waals surface area contributed by atoms with E-state index < -0.39 is 0 Å². The Morgan fingerprint density at radius 2 is 2.12 bits per heavy atom. The minimum Gasteiger partial charge on any atom is -0.380 e. The Morgan fingerprint density at radius 1 is 1.35 bits per heavy atom. The van der Waals surface area contributed by atoms with Crippen LogP contribution in [0, 0.1) is 13.8 Å². The molecule has 1 aliphatic heterocycles. The van der Waals surface area contributed by atoms with E-state index in [-0.39, 0.29) is 0 Å². The average molecular weight is 250 g/mol. The lowest BCUT2D eigenvalue weighted by Crippen LogP contribution is -2.27. The highest BCUT2D eigenvalue weighted by Crippen LogP contribution is 2.38. The van der Waals surface area contributed by atoms with E-state index in [0.717, 1.165) is 6.54 Å². The van der Waals surface area contributed by atoms with Gasteiger partial charge >= 0.3 is 0 Å². The first-order valence-electron chi connectivity index (χ1n) is 6.36. The number of benzene rings is 1. The van der Waals surface area contributed by atoms with Crippen LogP contribution in [0.4, 0.5) is 5.69 Å². The second kappa shape index (κ2) is 5.78. The first-order chi connectivity index (χ1) is 8.22. The maximum Gasteiger partial charge on any atom is 0.0513 e. The summed E-state index contributed by atoms with van der Waals surface area (Å²) < 4.78 is 0. The van der Waals surface area contributed by atoms with Crippen molar-refractivity contribution in [1.82, 2.24) is 5.32 Å². The van der Waals surface area contributed by atoms with Gasteiger partial charge in [0.15, 0.2) is 0 Å². The first-order valence-corrected chi connectivity index (χ1v) is 7.35. The van der Waals surface area contributed by atoms with Crippen molar-refractivity contribution < 1.29 is 0 Å². The van der Waals surface area contributed by atoms with Crippen molar-refractivity contribution >= 4 is 17.4 Å². The van der Waals surface area contributed by atoms with E-state index in [4.69, 9.17) is 0 Å². The Morgan fingerprint density at radius 3 is 2.88 bits per heavy atom. The number of aryl methyl sites for hydroxylation is 2. The standard InChI is InChI=1S/C14H22N2S/c1-10-6-7-11(2)14-13(10)16-12(9-17-14)5-4-8-15-3/h6-7,12,15-16H,4-5,8-9H2,1-3H3. The van der Waals surface area contributed by atoms with Crippen LogP contribution in [0.15, 0.2) is 17.0 Å². The minimum absolute atomic E-state index is 0.626. The second-order valence-corrected chi connectivity index (χ2v) is 5.83. The van der Waals surface area contributed by atoms with Gasteiger partial charge in [-0.15, -0.1) is 11.8 Å². The third-order valence-corrected chi connectivity index (χ3v) is 4.70. The summed E-state index contributed by atoms with van der Waals surface area (Å²) in [4.78, 5) is 1.45. The first kappa shape index (κ1) is 12.8. The van der Waals surface area contributed by atoms with Crippen LogP contribution in [-0.4, -0.2) is 25.4 Å². The molecule has 3 heteroatoms. The highest BCUT2D eigenvalue weighted by Gasteiger charge is 2.20. The Balaban J connectivity index is 2.05. The van der Waals surface area contributed by atoms with E-state index in [0.29, 0.717) is 6.04 Å². The van der Waals surface area contributed by atoms with E-state index in [2.05, 4.69) is 36.6 Å². The molecule has 1 aliphatic rings. The van der Waals surface area contributed by atoms with Crippen LogP contribution < -0.4 is 10.6 Å². The molecule has 0 bridgehead atoms. The largest absolute Gasteiger partial charge is 0.380 e. The Labute approximate surface area is 109 Å². The van der Waals surface area contributed by atoms with Crippen molar-refractivity contribution in [2.75, 3.05) is 24.7 Å². The molecule has 2 rings (SSSR count). The van der Waals surface area contributed by atoms with E-state index in [1.54, 1.807) is 0 Å². The predicted octanol–water partition coefficient (Wildman–Crippen LogP) is 3.19. The van der Waals surface area contributed by atoms with Gasteiger partial charge in [0.05, 0.1) is 5.69 Å². The molecule has 2 nitrogen and oxygen atoms in total. The quantitative estimate of drug-likeness (QED) is 0.803. The zero-order valence-corrected chi connectivity index (χ0v) is 11.8. The van der Waals surface area contributed by atoms with Crippen molar-refractivity contribution in [3.63, 3.8) is 0 Å². The molecule has 0 aromatic heterocycles. The lowest BCUT2D eigenvalue weighted by Gasteiger charge is -2.29. The fourth-order valence-corrected chi connectivity index (χ4v) is 3.54. The third kappa shape index (κ3) is 2.96.